The second-order valence-electron chi connectivity index (χ2n) is 7.30. The molecule has 4 rings (SSSR count). The average molecular weight is 431 g/mol. The van der Waals surface area contributed by atoms with Crippen LogP contribution in [0.1, 0.15) is 21.6 Å². The van der Waals surface area contributed by atoms with E-state index in [1.165, 1.54) is 0 Å². The minimum Gasteiger partial charge on any atom is -0.486 e. The number of fused-ring (bicyclic) bond motifs is 1. The smallest absolute Gasteiger partial charge is 0.249 e. The molecule has 0 radical (unpaired) electrons. The van der Waals surface area contributed by atoms with E-state index in [1.54, 1.807) is 25.4 Å². The first kappa shape index (κ1) is 21.3. The van der Waals surface area contributed by atoms with Gasteiger partial charge in [0.25, 0.3) is 0 Å². The molecule has 0 saturated carbocycles. The molecule has 0 fully saturated rings. The molecule has 2 aromatic carbocycles. The van der Waals surface area contributed by atoms with Gasteiger partial charge in [0.05, 0.1) is 12.8 Å². The molecule has 1 amide bonds. The van der Waals surface area contributed by atoms with Gasteiger partial charge in [-0.2, -0.15) is 0 Å². The average Bonchev–Trinajstić information content (AvgIpc) is 3.14. The standard InChI is InChI=1S/C24H25N5O3/c1-15-20(21-17(22(25)30)9-6-10-18(21)28-15)24-27-14-19(32-12-11-31-2)23(29-24)26-13-16-7-4-3-5-8-16/h3-10,14,28H,11-13H2,1-2H3,(H2,25,30)(H,26,27,29). The van der Waals surface area contributed by atoms with E-state index in [4.69, 9.17) is 20.2 Å². The van der Waals surface area contributed by atoms with Gasteiger partial charge >= 0.3 is 0 Å². The van der Waals surface area contributed by atoms with Crippen LogP contribution >= 0.6 is 0 Å². The number of nitrogens with zero attached hydrogens (tertiary/aromatic N) is 2. The lowest BCUT2D eigenvalue weighted by Gasteiger charge is -2.14. The number of carbonyl (C=O) groups excluding carboxylic acids is 1. The highest BCUT2D eigenvalue weighted by Crippen LogP contribution is 2.34. The van der Waals surface area contributed by atoms with Gasteiger partial charge in [-0.1, -0.05) is 36.4 Å². The molecule has 32 heavy (non-hydrogen) atoms. The van der Waals surface area contributed by atoms with Crippen LogP contribution in [0.5, 0.6) is 5.75 Å². The van der Waals surface area contributed by atoms with E-state index in [0.29, 0.717) is 48.1 Å². The van der Waals surface area contributed by atoms with Crippen LogP contribution < -0.4 is 15.8 Å². The Bertz CT molecular complexity index is 1240. The Morgan fingerprint density at radius 1 is 1.12 bits per heavy atom. The number of aromatic nitrogens is 3. The third kappa shape index (κ3) is 4.40. The van der Waals surface area contributed by atoms with Gasteiger partial charge < -0.3 is 25.5 Å². The lowest BCUT2D eigenvalue weighted by atomic mass is 10.0. The Kier molecular flexibility index (Phi) is 6.32. The normalized spacial score (nSPS) is 10.9. The fraction of sp³-hybridized carbons (Fsp3) is 0.208. The van der Waals surface area contributed by atoms with Gasteiger partial charge in [-0.15, -0.1) is 0 Å². The maximum Gasteiger partial charge on any atom is 0.249 e. The van der Waals surface area contributed by atoms with E-state index in [2.05, 4.69) is 15.3 Å². The molecule has 0 aliphatic heterocycles. The number of benzene rings is 2. The van der Waals surface area contributed by atoms with Crippen LogP contribution in [0.3, 0.4) is 0 Å². The highest BCUT2D eigenvalue weighted by atomic mass is 16.5. The number of hydrogen-bond acceptors (Lipinski definition) is 6. The number of amides is 1. The molecule has 8 nitrogen and oxygen atoms in total. The molecule has 4 aromatic rings. The molecule has 0 spiro atoms. The van der Waals surface area contributed by atoms with Gasteiger partial charge in [-0.05, 0) is 24.6 Å². The van der Waals surface area contributed by atoms with Crippen molar-refractivity contribution in [3.8, 4) is 17.1 Å². The van der Waals surface area contributed by atoms with Crippen LogP contribution in [-0.2, 0) is 11.3 Å². The highest BCUT2D eigenvalue weighted by molar-refractivity contribution is 6.11. The first-order valence-electron chi connectivity index (χ1n) is 10.3. The summed E-state index contributed by atoms with van der Waals surface area (Å²) in [5, 5.41) is 4.05. The Balaban J connectivity index is 1.76. The van der Waals surface area contributed by atoms with Crippen LogP contribution in [0.2, 0.25) is 0 Å². The maximum atomic E-state index is 12.1. The molecule has 8 heteroatoms. The molecular weight excluding hydrogens is 406 g/mol. The number of rotatable bonds is 9. The summed E-state index contributed by atoms with van der Waals surface area (Å²) >= 11 is 0. The number of H-pyrrole nitrogens is 1. The number of nitrogens with two attached hydrogens (primary N) is 1. The summed E-state index contributed by atoms with van der Waals surface area (Å²) in [5.41, 5.74) is 9.54. The van der Waals surface area contributed by atoms with Gasteiger partial charge in [0, 0.05) is 41.4 Å². The molecule has 164 valence electrons. The van der Waals surface area contributed by atoms with Crippen LogP contribution in [0, 0.1) is 6.92 Å². The van der Waals surface area contributed by atoms with Gasteiger partial charge in [0.15, 0.2) is 17.4 Å². The number of methoxy groups -OCH3 is 1. The van der Waals surface area contributed by atoms with Crippen LogP contribution in [-0.4, -0.2) is 41.2 Å². The molecular formula is C24H25N5O3. The van der Waals surface area contributed by atoms with Crippen LogP contribution in [0.4, 0.5) is 5.82 Å². The number of aromatic amines is 1. The molecule has 0 unspecified atom stereocenters. The molecule has 0 aliphatic carbocycles. The number of hydrogen-bond donors (Lipinski definition) is 3. The maximum absolute atomic E-state index is 12.1. The summed E-state index contributed by atoms with van der Waals surface area (Å²) in [4.78, 5) is 24.7. The Hall–Kier alpha value is -3.91. The van der Waals surface area contributed by atoms with Crippen LogP contribution in [0.25, 0.3) is 22.3 Å². The Morgan fingerprint density at radius 3 is 2.69 bits per heavy atom. The van der Waals surface area contributed by atoms with E-state index in [0.717, 1.165) is 22.3 Å². The zero-order valence-electron chi connectivity index (χ0n) is 18.0. The molecule has 0 aliphatic rings. The molecule has 0 saturated heterocycles. The molecule has 0 atom stereocenters. The molecule has 4 N–H and O–H groups in total. The van der Waals surface area contributed by atoms with E-state index >= 15 is 0 Å². The lowest BCUT2D eigenvalue weighted by molar-refractivity contribution is 0.100. The van der Waals surface area contributed by atoms with Gasteiger partial charge in [-0.25, -0.2) is 9.97 Å². The fourth-order valence-electron chi connectivity index (χ4n) is 3.60. The molecule has 2 heterocycles. The predicted molar refractivity (Wildman–Crippen MR) is 124 cm³/mol. The monoisotopic (exact) mass is 431 g/mol. The summed E-state index contributed by atoms with van der Waals surface area (Å²) < 4.78 is 10.9. The third-order valence-corrected chi connectivity index (χ3v) is 5.10. The second kappa shape index (κ2) is 9.49. The highest BCUT2D eigenvalue weighted by Gasteiger charge is 2.20. The van der Waals surface area contributed by atoms with Gasteiger partial charge in [-0.3, -0.25) is 4.79 Å². The van der Waals surface area contributed by atoms with E-state index in [9.17, 15) is 4.79 Å². The van der Waals surface area contributed by atoms with E-state index in [-0.39, 0.29) is 0 Å². The number of nitrogens with one attached hydrogen (secondary N) is 2. The summed E-state index contributed by atoms with van der Waals surface area (Å²) in [6.07, 6.45) is 1.64. The largest absolute Gasteiger partial charge is 0.486 e. The Labute approximate surface area is 185 Å². The van der Waals surface area contributed by atoms with Crippen molar-refractivity contribution >= 4 is 22.6 Å². The predicted octanol–water partition coefficient (Wildman–Crippen LogP) is 3.67. The lowest BCUT2D eigenvalue weighted by Crippen LogP contribution is -2.12. The van der Waals surface area contributed by atoms with E-state index in [1.807, 2.05) is 43.3 Å². The first-order valence-corrected chi connectivity index (χ1v) is 10.3. The summed E-state index contributed by atoms with van der Waals surface area (Å²) in [7, 11) is 1.62. The SMILES string of the molecule is COCCOc1cnc(-c2c(C)[nH]c3cccc(C(N)=O)c23)nc1NCc1ccccc1. The number of ether oxygens (including phenoxy) is 2. The molecule has 0 bridgehead atoms. The minimum atomic E-state index is -0.502. The van der Waals surface area contributed by atoms with Crippen molar-refractivity contribution in [1.29, 1.82) is 0 Å². The summed E-state index contributed by atoms with van der Waals surface area (Å²) in [5.74, 6) is 1.05. The van der Waals surface area contributed by atoms with Crippen molar-refractivity contribution in [2.45, 2.75) is 13.5 Å². The third-order valence-electron chi connectivity index (χ3n) is 5.10. The van der Waals surface area contributed by atoms with Gasteiger partial charge in [0.2, 0.25) is 5.91 Å². The number of primary amides is 1. The quantitative estimate of drug-likeness (QED) is 0.348. The summed E-state index contributed by atoms with van der Waals surface area (Å²) in [6, 6.07) is 15.4. The van der Waals surface area contributed by atoms with Crippen molar-refractivity contribution < 1.29 is 14.3 Å². The number of anilines is 1. The number of carbonyl (C=O) groups is 1. The first-order chi connectivity index (χ1) is 15.6. The van der Waals surface area contributed by atoms with Crippen molar-refractivity contribution in [2.24, 2.45) is 5.73 Å². The van der Waals surface area contributed by atoms with Crippen molar-refractivity contribution in [2.75, 3.05) is 25.6 Å². The Morgan fingerprint density at radius 2 is 1.94 bits per heavy atom. The van der Waals surface area contributed by atoms with Crippen molar-refractivity contribution in [3.63, 3.8) is 0 Å². The van der Waals surface area contributed by atoms with Crippen LogP contribution in [0.15, 0.2) is 54.7 Å². The molecule has 2 aromatic heterocycles. The van der Waals surface area contributed by atoms with Gasteiger partial charge in [0.1, 0.15) is 6.61 Å². The van der Waals surface area contributed by atoms with Crippen molar-refractivity contribution in [3.05, 3.63) is 71.5 Å². The topological polar surface area (TPSA) is 115 Å². The van der Waals surface area contributed by atoms with E-state index < -0.39 is 5.91 Å². The second-order valence-corrected chi connectivity index (χ2v) is 7.30. The minimum absolute atomic E-state index is 0.372. The van der Waals surface area contributed by atoms with Crippen molar-refractivity contribution in [1.82, 2.24) is 15.0 Å². The zero-order chi connectivity index (χ0) is 22.5. The fourth-order valence-corrected chi connectivity index (χ4v) is 3.60. The zero-order valence-corrected chi connectivity index (χ0v) is 18.0. The summed E-state index contributed by atoms with van der Waals surface area (Å²) in [6.45, 7) is 3.31. The number of aryl methyl sites for hydroxylation is 1.